The SMILES string of the molecule is CC(=O)/C=C(\C)c1ccc(Cl)cc1. The molecule has 0 saturated carbocycles. The van der Waals surface area contributed by atoms with Crippen LogP contribution < -0.4 is 0 Å². The van der Waals surface area contributed by atoms with Gasteiger partial charge in [-0.15, -0.1) is 0 Å². The molecule has 1 rings (SSSR count). The smallest absolute Gasteiger partial charge is 0.152 e. The molecule has 0 aliphatic rings. The van der Waals surface area contributed by atoms with Crippen molar-refractivity contribution < 1.29 is 4.79 Å². The van der Waals surface area contributed by atoms with Crippen LogP contribution in [0.25, 0.3) is 5.57 Å². The second kappa shape index (κ2) is 4.24. The van der Waals surface area contributed by atoms with Gasteiger partial charge in [0, 0.05) is 5.02 Å². The van der Waals surface area contributed by atoms with Crippen molar-refractivity contribution in [2.45, 2.75) is 13.8 Å². The van der Waals surface area contributed by atoms with Crippen molar-refractivity contribution in [1.82, 2.24) is 0 Å². The lowest BCUT2D eigenvalue weighted by Crippen LogP contribution is -1.85. The minimum absolute atomic E-state index is 0.0625. The molecule has 0 unspecified atom stereocenters. The van der Waals surface area contributed by atoms with E-state index >= 15 is 0 Å². The first kappa shape index (κ1) is 10.0. The molecule has 0 fully saturated rings. The van der Waals surface area contributed by atoms with Gasteiger partial charge < -0.3 is 0 Å². The predicted molar refractivity (Wildman–Crippen MR) is 55.8 cm³/mol. The van der Waals surface area contributed by atoms with Crippen molar-refractivity contribution >= 4 is 23.0 Å². The molecule has 2 heteroatoms. The van der Waals surface area contributed by atoms with Gasteiger partial charge in [-0.2, -0.15) is 0 Å². The molecule has 0 atom stereocenters. The van der Waals surface area contributed by atoms with Crippen LogP contribution in [-0.2, 0) is 4.79 Å². The number of rotatable bonds is 2. The third-order valence-electron chi connectivity index (χ3n) is 1.72. The number of hydrogen-bond acceptors (Lipinski definition) is 1. The highest BCUT2D eigenvalue weighted by molar-refractivity contribution is 6.30. The molecule has 0 amide bonds. The van der Waals surface area contributed by atoms with E-state index in [0.717, 1.165) is 11.1 Å². The predicted octanol–water partition coefficient (Wildman–Crippen LogP) is 3.33. The van der Waals surface area contributed by atoms with Gasteiger partial charge in [0.2, 0.25) is 0 Å². The summed E-state index contributed by atoms with van der Waals surface area (Å²) in [5.74, 6) is 0.0625. The van der Waals surface area contributed by atoms with Gasteiger partial charge in [0.25, 0.3) is 0 Å². The number of ketones is 1. The molecule has 0 spiro atoms. The number of benzene rings is 1. The lowest BCUT2D eigenvalue weighted by atomic mass is 10.1. The van der Waals surface area contributed by atoms with Crippen LogP contribution >= 0.6 is 11.6 Å². The second-order valence-corrected chi connectivity index (χ2v) is 3.38. The summed E-state index contributed by atoms with van der Waals surface area (Å²) in [6, 6.07) is 7.43. The Kier molecular flexibility index (Phi) is 3.26. The van der Waals surface area contributed by atoms with Crippen molar-refractivity contribution in [3.8, 4) is 0 Å². The van der Waals surface area contributed by atoms with Crippen LogP contribution in [0, 0.1) is 0 Å². The standard InChI is InChI=1S/C11H11ClO/c1-8(7-9(2)13)10-3-5-11(12)6-4-10/h3-7H,1-2H3/b8-7+. The van der Waals surface area contributed by atoms with E-state index in [1.165, 1.54) is 0 Å². The molecule has 0 saturated heterocycles. The molecule has 0 aliphatic heterocycles. The van der Waals surface area contributed by atoms with Gasteiger partial charge in [-0.05, 0) is 43.2 Å². The summed E-state index contributed by atoms with van der Waals surface area (Å²) in [4.78, 5) is 10.8. The van der Waals surface area contributed by atoms with Crippen LogP contribution in [0.3, 0.4) is 0 Å². The summed E-state index contributed by atoms with van der Waals surface area (Å²) < 4.78 is 0. The van der Waals surface area contributed by atoms with E-state index in [9.17, 15) is 4.79 Å². The maximum atomic E-state index is 10.8. The molecule has 0 N–H and O–H groups in total. The lowest BCUT2D eigenvalue weighted by molar-refractivity contribution is -0.112. The highest BCUT2D eigenvalue weighted by Gasteiger charge is 1.96. The Labute approximate surface area is 83.0 Å². The molecule has 13 heavy (non-hydrogen) atoms. The molecule has 0 heterocycles. The highest BCUT2D eigenvalue weighted by Crippen LogP contribution is 2.16. The highest BCUT2D eigenvalue weighted by atomic mass is 35.5. The zero-order chi connectivity index (χ0) is 9.84. The largest absolute Gasteiger partial charge is 0.295 e. The first-order chi connectivity index (χ1) is 6.09. The van der Waals surface area contributed by atoms with Crippen LogP contribution in [0.15, 0.2) is 30.3 Å². The minimum Gasteiger partial charge on any atom is -0.295 e. The van der Waals surface area contributed by atoms with Gasteiger partial charge in [-0.3, -0.25) is 4.79 Å². The van der Waals surface area contributed by atoms with E-state index in [-0.39, 0.29) is 5.78 Å². The van der Waals surface area contributed by atoms with Crippen LogP contribution in [0.4, 0.5) is 0 Å². The molecule has 0 bridgehead atoms. The van der Waals surface area contributed by atoms with Crippen molar-refractivity contribution in [3.63, 3.8) is 0 Å². The Morgan fingerprint density at radius 1 is 1.23 bits per heavy atom. The Morgan fingerprint density at radius 3 is 2.23 bits per heavy atom. The molecule has 1 aromatic rings. The minimum atomic E-state index is 0.0625. The zero-order valence-electron chi connectivity index (χ0n) is 7.67. The summed E-state index contributed by atoms with van der Waals surface area (Å²) in [5.41, 5.74) is 1.99. The second-order valence-electron chi connectivity index (χ2n) is 2.94. The lowest BCUT2D eigenvalue weighted by Gasteiger charge is -1.99. The molecule has 0 aliphatic carbocycles. The summed E-state index contributed by atoms with van der Waals surface area (Å²) in [5, 5.41) is 0.708. The summed E-state index contributed by atoms with van der Waals surface area (Å²) in [6.07, 6.45) is 1.61. The van der Waals surface area contributed by atoms with Crippen molar-refractivity contribution in [1.29, 1.82) is 0 Å². The van der Waals surface area contributed by atoms with Gasteiger partial charge in [-0.25, -0.2) is 0 Å². The molecular formula is C11H11ClO. The Morgan fingerprint density at radius 2 is 1.77 bits per heavy atom. The normalized spacial score (nSPS) is 11.5. The van der Waals surface area contributed by atoms with Crippen molar-refractivity contribution in [3.05, 3.63) is 40.9 Å². The number of halogens is 1. The monoisotopic (exact) mass is 194 g/mol. The molecule has 0 radical (unpaired) electrons. The third kappa shape index (κ3) is 3.03. The van der Waals surface area contributed by atoms with E-state index < -0.39 is 0 Å². The average molecular weight is 195 g/mol. The molecule has 68 valence electrons. The maximum Gasteiger partial charge on any atom is 0.152 e. The zero-order valence-corrected chi connectivity index (χ0v) is 8.43. The van der Waals surface area contributed by atoms with Gasteiger partial charge in [0.1, 0.15) is 0 Å². The number of hydrogen-bond donors (Lipinski definition) is 0. The number of carbonyl (C=O) groups is 1. The number of carbonyl (C=O) groups excluding carboxylic acids is 1. The third-order valence-corrected chi connectivity index (χ3v) is 1.97. The van der Waals surface area contributed by atoms with Crippen molar-refractivity contribution in [2.24, 2.45) is 0 Å². The molecule has 0 aromatic heterocycles. The van der Waals surface area contributed by atoms with E-state index in [1.807, 2.05) is 31.2 Å². The van der Waals surface area contributed by atoms with E-state index in [2.05, 4.69) is 0 Å². The Balaban J connectivity index is 2.96. The van der Waals surface area contributed by atoms with Gasteiger partial charge >= 0.3 is 0 Å². The van der Waals surface area contributed by atoms with Crippen LogP contribution in [0.1, 0.15) is 19.4 Å². The van der Waals surface area contributed by atoms with Crippen LogP contribution in [0.5, 0.6) is 0 Å². The Bertz CT molecular complexity index is 336. The fraction of sp³-hybridized carbons (Fsp3) is 0.182. The van der Waals surface area contributed by atoms with Gasteiger partial charge in [-0.1, -0.05) is 23.7 Å². The molecule has 1 aromatic carbocycles. The quantitative estimate of drug-likeness (QED) is 0.660. The van der Waals surface area contributed by atoms with E-state index in [1.54, 1.807) is 13.0 Å². The maximum absolute atomic E-state index is 10.8. The van der Waals surface area contributed by atoms with Gasteiger partial charge in [0.05, 0.1) is 0 Å². The average Bonchev–Trinajstić information content (AvgIpc) is 2.04. The van der Waals surface area contributed by atoms with Gasteiger partial charge in [0.15, 0.2) is 5.78 Å². The van der Waals surface area contributed by atoms with Crippen molar-refractivity contribution in [2.75, 3.05) is 0 Å². The summed E-state index contributed by atoms with van der Waals surface area (Å²) in [6.45, 7) is 3.45. The van der Waals surface area contributed by atoms with Crippen LogP contribution in [0.2, 0.25) is 5.02 Å². The molecule has 1 nitrogen and oxygen atoms in total. The van der Waals surface area contributed by atoms with E-state index in [0.29, 0.717) is 5.02 Å². The van der Waals surface area contributed by atoms with Crippen LogP contribution in [-0.4, -0.2) is 5.78 Å². The Hall–Kier alpha value is -1.08. The summed E-state index contributed by atoms with van der Waals surface area (Å²) >= 11 is 5.74. The molecular weight excluding hydrogens is 184 g/mol. The topological polar surface area (TPSA) is 17.1 Å². The fourth-order valence-electron chi connectivity index (χ4n) is 1.10. The fourth-order valence-corrected chi connectivity index (χ4v) is 1.23. The van der Waals surface area contributed by atoms with E-state index in [4.69, 9.17) is 11.6 Å². The summed E-state index contributed by atoms with van der Waals surface area (Å²) in [7, 11) is 0. The number of allylic oxidation sites excluding steroid dienone is 2. The first-order valence-electron chi connectivity index (χ1n) is 4.04. The first-order valence-corrected chi connectivity index (χ1v) is 4.42.